The fourth-order valence-corrected chi connectivity index (χ4v) is 6.88. The molecule has 1 aliphatic rings. The molecule has 2 N–H and O–H groups in total. The molecule has 0 spiro atoms. The number of aromatic nitrogens is 8. The standard InChI is InChI=1S/C34H25F2N9O3S/c1-2-22-25(35)11-9-19-5-3-6-23(28(19)22)30-29(36)31-24(16-38-30)32(37)42-34(41-31)48-14-4-13-44-17-39-26-15-21(10-12-27(26)44)49(46,47)45-18-40-33(43-45)20-7-8-20/h1,3,5-6,9-12,15-18,20H,4,7-8,13-14H2,(H2,37,41,42). The van der Waals surface area contributed by atoms with Gasteiger partial charge in [-0.2, -0.15) is 18.4 Å². The summed E-state index contributed by atoms with van der Waals surface area (Å²) in [5.74, 6) is 1.73. The topological polar surface area (TPSA) is 157 Å². The van der Waals surface area contributed by atoms with Crippen LogP contribution in [-0.2, 0) is 16.6 Å². The molecule has 8 rings (SSSR count). The number of hydrogen-bond donors (Lipinski definition) is 1. The van der Waals surface area contributed by atoms with Crippen LogP contribution in [-0.4, -0.2) is 53.7 Å². The van der Waals surface area contributed by atoms with Crippen molar-refractivity contribution in [2.45, 2.75) is 36.6 Å². The van der Waals surface area contributed by atoms with Crippen LogP contribution in [0.15, 0.2) is 72.3 Å². The Hall–Kier alpha value is -6.01. The zero-order valence-electron chi connectivity index (χ0n) is 25.6. The number of halogens is 2. The Morgan fingerprint density at radius 2 is 1.90 bits per heavy atom. The molecule has 0 aliphatic heterocycles. The second-order valence-electron chi connectivity index (χ2n) is 11.6. The summed E-state index contributed by atoms with van der Waals surface area (Å²) in [6.45, 7) is 0.622. The molecule has 1 aliphatic carbocycles. The molecule has 49 heavy (non-hydrogen) atoms. The molecule has 4 aromatic heterocycles. The van der Waals surface area contributed by atoms with Crippen molar-refractivity contribution >= 4 is 48.5 Å². The van der Waals surface area contributed by atoms with E-state index in [2.05, 4.69) is 35.9 Å². The highest BCUT2D eigenvalue weighted by Crippen LogP contribution is 2.38. The number of benzene rings is 3. The van der Waals surface area contributed by atoms with Crippen LogP contribution in [0.4, 0.5) is 14.6 Å². The predicted molar refractivity (Wildman–Crippen MR) is 177 cm³/mol. The van der Waals surface area contributed by atoms with Crippen molar-refractivity contribution in [1.82, 2.24) is 38.7 Å². The first-order chi connectivity index (χ1) is 23.7. The van der Waals surface area contributed by atoms with E-state index in [1.165, 1.54) is 30.7 Å². The van der Waals surface area contributed by atoms with E-state index in [0.29, 0.717) is 40.6 Å². The molecule has 244 valence electrons. The molecule has 0 unspecified atom stereocenters. The van der Waals surface area contributed by atoms with E-state index in [1.54, 1.807) is 36.7 Å². The Labute approximate surface area is 277 Å². The van der Waals surface area contributed by atoms with E-state index in [-0.39, 0.29) is 51.4 Å². The lowest BCUT2D eigenvalue weighted by molar-refractivity contribution is 0.281. The smallest absolute Gasteiger partial charge is 0.319 e. The van der Waals surface area contributed by atoms with Crippen LogP contribution in [0.1, 0.15) is 36.6 Å². The van der Waals surface area contributed by atoms with Gasteiger partial charge in [-0.3, -0.25) is 4.98 Å². The Bertz CT molecular complexity index is 2610. The van der Waals surface area contributed by atoms with Gasteiger partial charge in [0.15, 0.2) is 11.6 Å². The second-order valence-corrected chi connectivity index (χ2v) is 13.4. The van der Waals surface area contributed by atoms with E-state index in [4.69, 9.17) is 16.9 Å². The number of imidazole rings is 1. The number of terminal acetylenes is 1. The molecule has 1 saturated carbocycles. The van der Waals surface area contributed by atoms with Gasteiger partial charge in [0.25, 0.3) is 10.0 Å². The van der Waals surface area contributed by atoms with Gasteiger partial charge in [0.05, 0.1) is 39.8 Å². The summed E-state index contributed by atoms with van der Waals surface area (Å²) in [5, 5.41) is 5.34. The Kier molecular flexibility index (Phi) is 7.18. The number of pyridine rings is 1. The normalized spacial score (nSPS) is 13.3. The number of nitrogens with two attached hydrogens (primary N) is 1. The van der Waals surface area contributed by atoms with Crippen molar-refractivity contribution in [2.75, 3.05) is 12.3 Å². The van der Waals surface area contributed by atoms with Crippen molar-refractivity contribution in [3.05, 3.63) is 90.4 Å². The first-order valence-electron chi connectivity index (χ1n) is 15.3. The van der Waals surface area contributed by atoms with Gasteiger partial charge in [0.1, 0.15) is 29.2 Å². The number of hydrogen-bond acceptors (Lipinski definition) is 10. The number of nitrogens with zero attached hydrogens (tertiary/aromatic N) is 8. The summed E-state index contributed by atoms with van der Waals surface area (Å²) in [7, 11) is -3.92. The lowest BCUT2D eigenvalue weighted by Gasteiger charge is -2.12. The van der Waals surface area contributed by atoms with Crippen LogP contribution in [0.3, 0.4) is 0 Å². The molecule has 1 fully saturated rings. The summed E-state index contributed by atoms with van der Waals surface area (Å²) in [6, 6.07) is 12.5. The maximum atomic E-state index is 16.1. The van der Waals surface area contributed by atoms with Crippen molar-refractivity contribution in [2.24, 2.45) is 0 Å². The number of anilines is 1. The third-order valence-electron chi connectivity index (χ3n) is 8.43. The molecule has 0 bridgehead atoms. The minimum absolute atomic E-state index is 0.00536. The highest BCUT2D eigenvalue weighted by Gasteiger charge is 2.29. The lowest BCUT2D eigenvalue weighted by Crippen LogP contribution is -2.14. The molecule has 7 aromatic rings. The fourth-order valence-electron chi connectivity index (χ4n) is 5.80. The highest BCUT2D eigenvalue weighted by molar-refractivity contribution is 7.89. The number of aryl methyl sites for hydroxylation is 1. The van der Waals surface area contributed by atoms with Gasteiger partial charge in [-0.15, -0.1) is 15.6 Å². The SMILES string of the molecule is C#Cc1c(F)ccc2cccc(-c3ncc4c(N)nc(OCCCn5cnc6cc(S(=O)(=O)n7cnc(C8CC8)n7)ccc65)nc4c3F)c12. The zero-order chi connectivity index (χ0) is 33.9. The van der Waals surface area contributed by atoms with Gasteiger partial charge in [0.2, 0.25) is 0 Å². The average Bonchev–Trinajstić information content (AvgIpc) is 3.68. The highest BCUT2D eigenvalue weighted by atomic mass is 32.2. The molecular formula is C34H25F2N9O3S. The number of nitrogen functional groups attached to an aromatic ring is 1. The molecule has 4 heterocycles. The summed E-state index contributed by atoms with van der Waals surface area (Å²) in [5.41, 5.74) is 7.49. The van der Waals surface area contributed by atoms with Gasteiger partial charge in [-0.05, 0) is 48.9 Å². The largest absolute Gasteiger partial charge is 0.463 e. The predicted octanol–water partition coefficient (Wildman–Crippen LogP) is 5.21. The third kappa shape index (κ3) is 5.26. The van der Waals surface area contributed by atoms with E-state index < -0.39 is 21.7 Å². The fraction of sp³-hybridized carbons (Fsp3) is 0.176. The van der Waals surface area contributed by atoms with Crippen molar-refractivity contribution in [1.29, 1.82) is 0 Å². The summed E-state index contributed by atoms with van der Waals surface area (Å²) >= 11 is 0. The van der Waals surface area contributed by atoms with Crippen LogP contribution in [0, 0.1) is 24.0 Å². The number of fused-ring (bicyclic) bond motifs is 3. The van der Waals surface area contributed by atoms with Crippen LogP contribution >= 0.6 is 0 Å². The van der Waals surface area contributed by atoms with Crippen LogP contribution < -0.4 is 10.5 Å². The molecule has 0 saturated heterocycles. The summed E-state index contributed by atoms with van der Waals surface area (Å²) in [6.07, 6.45) is 12.2. The van der Waals surface area contributed by atoms with Crippen molar-refractivity contribution < 1.29 is 21.9 Å². The van der Waals surface area contributed by atoms with Gasteiger partial charge in [0, 0.05) is 29.6 Å². The summed E-state index contributed by atoms with van der Waals surface area (Å²) < 4.78 is 65.5. The average molecular weight is 678 g/mol. The molecule has 12 nitrogen and oxygen atoms in total. The Morgan fingerprint density at radius 3 is 2.71 bits per heavy atom. The number of ether oxygens (including phenoxy) is 1. The lowest BCUT2D eigenvalue weighted by atomic mass is 9.96. The van der Waals surface area contributed by atoms with E-state index >= 15 is 4.39 Å². The monoisotopic (exact) mass is 677 g/mol. The molecule has 0 atom stereocenters. The molecule has 15 heteroatoms. The van der Waals surface area contributed by atoms with Crippen LogP contribution in [0.25, 0.3) is 44.0 Å². The minimum Gasteiger partial charge on any atom is -0.463 e. The van der Waals surface area contributed by atoms with Crippen molar-refractivity contribution in [3.8, 4) is 29.6 Å². The van der Waals surface area contributed by atoms with Crippen molar-refractivity contribution in [3.63, 3.8) is 0 Å². The van der Waals surface area contributed by atoms with Crippen LogP contribution in [0.5, 0.6) is 6.01 Å². The first-order valence-corrected chi connectivity index (χ1v) is 16.7. The van der Waals surface area contributed by atoms with E-state index in [1.807, 2.05) is 4.57 Å². The first kappa shape index (κ1) is 30.3. The third-order valence-corrected chi connectivity index (χ3v) is 9.95. The van der Waals surface area contributed by atoms with Gasteiger partial charge in [-0.1, -0.05) is 30.2 Å². The maximum absolute atomic E-state index is 16.1. The Balaban J connectivity index is 0.999. The van der Waals surface area contributed by atoms with Crippen LogP contribution in [0.2, 0.25) is 0 Å². The van der Waals surface area contributed by atoms with Gasteiger partial charge >= 0.3 is 6.01 Å². The minimum atomic E-state index is -3.92. The maximum Gasteiger partial charge on any atom is 0.319 e. The number of rotatable bonds is 9. The summed E-state index contributed by atoms with van der Waals surface area (Å²) in [4.78, 5) is 21.3. The molecule has 3 aromatic carbocycles. The second kappa shape index (κ2) is 11.6. The van der Waals surface area contributed by atoms with Gasteiger partial charge in [-0.25, -0.2) is 18.7 Å². The Morgan fingerprint density at radius 1 is 1.04 bits per heavy atom. The zero-order valence-corrected chi connectivity index (χ0v) is 26.4. The molecular weight excluding hydrogens is 652 g/mol. The van der Waals surface area contributed by atoms with E-state index in [0.717, 1.165) is 22.4 Å². The molecule has 0 radical (unpaired) electrons. The van der Waals surface area contributed by atoms with Gasteiger partial charge < -0.3 is 15.0 Å². The quantitative estimate of drug-likeness (QED) is 0.159. The molecule has 0 amide bonds. The van der Waals surface area contributed by atoms with E-state index in [9.17, 15) is 12.8 Å².